The minimum atomic E-state index is -0.258. The first-order valence-corrected chi connectivity index (χ1v) is 7.38. The number of fused-ring (bicyclic) bond motifs is 2. The molecule has 3 unspecified atom stereocenters. The van der Waals surface area contributed by atoms with Crippen LogP contribution >= 0.6 is 0 Å². The molecule has 2 aliphatic rings. The molecule has 1 aromatic rings. The van der Waals surface area contributed by atoms with Gasteiger partial charge in [-0.05, 0) is 30.2 Å². The van der Waals surface area contributed by atoms with Crippen molar-refractivity contribution >= 4 is 11.9 Å². The number of amides is 1. The van der Waals surface area contributed by atoms with Crippen molar-refractivity contribution in [2.45, 2.75) is 19.4 Å². The summed E-state index contributed by atoms with van der Waals surface area (Å²) >= 11 is 0. The van der Waals surface area contributed by atoms with Gasteiger partial charge in [0.2, 0.25) is 0 Å². The van der Waals surface area contributed by atoms with E-state index in [-0.39, 0.29) is 24.4 Å². The van der Waals surface area contributed by atoms with E-state index in [1.165, 1.54) is 0 Å². The SMILES string of the molecule is O=C(COC(=O)C1CC2C=CC1C2)NCc1ccccc1. The Hall–Kier alpha value is -2.10. The molecule has 0 saturated heterocycles. The van der Waals surface area contributed by atoms with E-state index in [9.17, 15) is 9.59 Å². The van der Waals surface area contributed by atoms with Crippen LogP contribution in [-0.2, 0) is 20.9 Å². The topological polar surface area (TPSA) is 55.4 Å². The van der Waals surface area contributed by atoms with Crippen LogP contribution in [0.5, 0.6) is 0 Å². The quantitative estimate of drug-likeness (QED) is 0.665. The van der Waals surface area contributed by atoms with E-state index < -0.39 is 0 Å². The van der Waals surface area contributed by atoms with Crippen molar-refractivity contribution in [2.24, 2.45) is 17.8 Å². The molecule has 0 aromatic heterocycles. The lowest BCUT2D eigenvalue weighted by Gasteiger charge is -2.16. The minimum Gasteiger partial charge on any atom is -0.455 e. The third kappa shape index (κ3) is 3.32. The molecule has 0 spiro atoms. The number of hydrogen-bond acceptors (Lipinski definition) is 3. The van der Waals surface area contributed by atoms with E-state index >= 15 is 0 Å². The summed E-state index contributed by atoms with van der Waals surface area (Å²) in [7, 11) is 0. The molecule has 4 nitrogen and oxygen atoms in total. The number of rotatable bonds is 5. The first-order valence-electron chi connectivity index (χ1n) is 7.38. The molecule has 0 radical (unpaired) electrons. The van der Waals surface area contributed by atoms with Crippen molar-refractivity contribution in [2.75, 3.05) is 6.61 Å². The van der Waals surface area contributed by atoms with E-state index in [1.807, 2.05) is 30.3 Å². The summed E-state index contributed by atoms with van der Waals surface area (Å²) < 4.78 is 5.14. The lowest BCUT2D eigenvalue weighted by atomic mass is 9.94. The number of benzene rings is 1. The fourth-order valence-corrected chi connectivity index (χ4v) is 3.14. The molecule has 21 heavy (non-hydrogen) atoms. The smallest absolute Gasteiger partial charge is 0.310 e. The molecule has 0 heterocycles. The van der Waals surface area contributed by atoms with Gasteiger partial charge in [-0.1, -0.05) is 42.5 Å². The molecular weight excluding hydrogens is 266 g/mol. The maximum atomic E-state index is 12.0. The molecule has 1 amide bonds. The first kappa shape index (κ1) is 13.9. The molecule has 4 heteroatoms. The Bertz CT molecular complexity index is 552. The fraction of sp³-hybridized carbons (Fsp3) is 0.412. The summed E-state index contributed by atoms with van der Waals surface area (Å²) in [5, 5.41) is 2.75. The first-order chi connectivity index (χ1) is 10.2. The normalized spacial score (nSPS) is 25.8. The average Bonchev–Trinajstić information content (AvgIpc) is 3.14. The minimum absolute atomic E-state index is 0.0538. The lowest BCUT2D eigenvalue weighted by Crippen LogP contribution is -2.30. The number of allylic oxidation sites excluding steroid dienone is 2. The highest BCUT2D eigenvalue weighted by atomic mass is 16.5. The Morgan fingerprint density at radius 1 is 1.14 bits per heavy atom. The highest BCUT2D eigenvalue weighted by molar-refractivity contribution is 5.81. The number of ether oxygens (including phenoxy) is 1. The summed E-state index contributed by atoms with van der Waals surface area (Å²) in [6, 6.07) is 9.65. The number of esters is 1. The zero-order valence-electron chi connectivity index (χ0n) is 11.8. The van der Waals surface area contributed by atoms with Crippen LogP contribution in [0.3, 0.4) is 0 Å². The van der Waals surface area contributed by atoms with Crippen LogP contribution < -0.4 is 5.32 Å². The number of carbonyl (C=O) groups excluding carboxylic acids is 2. The summed E-state index contributed by atoms with van der Waals surface area (Å²) in [6.07, 6.45) is 6.21. The Kier molecular flexibility index (Phi) is 4.04. The molecule has 2 bridgehead atoms. The molecular formula is C17H19NO3. The van der Waals surface area contributed by atoms with Gasteiger partial charge in [0.15, 0.2) is 6.61 Å². The van der Waals surface area contributed by atoms with E-state index in [1.54, 1.807) is 0 Å². The Balaban J connectivity index is 1.40. The van der Waals surface area contributed by atoms with E-state index in [0.717, 1.165) is 18.4 Å². The third-order valence-corrected chi connectivity index (χ3v) is 4.26. The highest BCUT2D eigenvalue weighted by Crippen LogP contribution is 2.43. The van der Waals surface area contributed by atoms with Crippen molar-refractivity contribution in [1.82, 2.24) is 5.32 Å². The van der Waals surface area contributed by atoms with Crippen LogP contribution in [0.25, 0.3) is 0 Å². The van der Waals surface area contributed by atoms with Crippen LogP contribution in [0.2, 0.25) is 0 Å². The van der Waals surface area contributed by atoms with Gasteiger partial charge in [0.25, 0.3) is 5.91 Å². The van der Waals surface area contributed by atoms with Gasteiger partial charge in [0, 0.05) is 6.54 Å². The number of nitrogens with one attached hydrogen (secondary N) is 1. The standard InChI is InChI=1S/C17H19NO3/c19-16(18-10-12-4-2-1-3-5-12)11-21-17(20)15-9-13-6-7-14(15)8-13/h1-7,13-15H,8-11H2,(H,18,19). The maximum absolute atomic E-state index is 12.0. The average molecular weight is 285 g/mol. The van der Waals surface area contributed by atoms with Gasteiger partial charge in [0.1, 0.15) is 0 Å². The predicted molar refractivity (Wildman–Crippen MR) is 78.1 cm³/mol. The van der Waals surface area contributed by atoms with Crippen molar-refractivity contribution in [3.63, 3.8) is 0 Å². The predicted octanol–water partition coefficient (Wildman–Crippen LogP) is 2.06. The van der Waals surface area contributed by atoms with Crippen LogP contribution in [0.4, 0.5) is 0 Å². The molecule has 0 aliphatic heterocycles. The van der Waals surface area contributed by atoms with Crippen LogP contribution in [-0.4, -0.2) is 18.5 Å². The van der Waals surface area contributed by atoms with Crippen molar-refractivity contribution in [1.29, 1.82) is 0 Å². The van der Waals surface area contributed by atoms with Gasteiger partial charge in [0.05, 0.1) is 5.92 Å². The molecule has 2 aliphatic carbocycles. The summed E-state index contributed by atoms with van der Waals surface area (Å²) in [4.78, 5) is 23.7. The van der Waals surface area contributed by atoms with Crippen LogP contribution in [0.15, 0.2) is 42.5 Å². The maximum Gasteiger partial charge on any atom is 0.310 e. The molecule has 3 rings (SSSR count). The molecule has 1 aromatic carbocycles. The van der Waals surface area contributed by atoms with E-state index in [4.69, 9.17) is 4.74 Å². The van der Waals surface area contributed by atoms with Gasteiger partial charge < -0.3 is 10.1 Å². The molecule has 3 atom stereocenters. The van der Waals surface area contributed by atoms with Crippen LogP contribution in [0, 0.1) is 17.8 Å². The number of hydrogen-bond donors (Lipinski definition) is 1. The molecule has 1 fully saturated rings. The van der Waals surface area contributed by atoms with Gasteiger partial charge in [-0.25, -0.2) is 0 Å². The molecule has 110 valence electrons. The second-order valence-electron chi connectivity index (χ2n) is 5.76. The zero-order chi connectivity index (χ0) is 14.7. The van der Waals surface area contributed by atoms with Gasteiger partial charge in [-0.3, -0.25) is 9.59 Å². The lowest BCUT2D eigenvalue weighted by molar-refractivity contribution is -0.153. The Morgan fingerprint density at radius 2 is 1.95 bits per heavy atom. The molecule has 1 N–H and O–H groups in total. The Morgan fingerprint density at radius 3 is 2.62 bits per heavy atom. The largest absolute Gasteiger partial charge is 0.455 e. The van der Waals surface area contributed by atoms with E-state index in [0.29, 0.717) is 18.4 Å². The van der Waals surface area contributed by atoms with Crippen molar-refractivity contribution < 1.29 is 14.3 Å². The van der Waals surface area contributed by atoms with Crippen LogP contribution in [0.1, 0.15) is 18.4 Å². The monoisotopic (exact) mass is 285 g/mol. The zero-order valence-corrected chi connectivity index (χ0v) is 11.8. The van der Waals surface area contributed by atoms with Gasteiger partial charge in [-0.15, -0.1) is 0 Å². The van der Waals surface area contributed by atoms with Crippen molar-refractivity contribution in [3.8, 4) is 0 Å². The summed E-state index contributed by atoms with van der Waals surface area (Å²) in [5.74, 6) is 0.295. The fourth-order valence-electron chi connectivity index (χ4n) is 3.14. The van der Waals surface area contributed by atoms with Gasteiger partial charge >= 0.3 is 5.97 Å². The second kappa shape index (κ2) is 6.12. The Labute approximate surface area is 124 Å². The molecule has 1 saturated carbocycles. The van der Waals surface area contributed by atoms with E-state index in [2.05, 4.69) is 17.5 Å². The number of carbonyl (C=O) groups is 2. The van der Waals surface area contributed by atoms with Crippen molar-refractivity contribution in [3.05, 3.63) is 48.0 Å². The third-order valence-electron chi connectivity index (χ3n) is 4.26. The highest BCUT2D eigenvalue weighted by Gasteiger charge is 2.40. The summed E-state index contributed by atoms with van der Waals surface area (Å²) in [5.41, 5.74) is 1.02. The second-order valence-corrected chi connectivity index (χ2v) is 5.76. The van der Waals surface area contributed by atoms with Gasteiger partial charge in [-0.2, -0.15) is 0 Å². The summed E-state index contributed by atoms with van der Waals surface area (Å²) in [6.45, 7) is 0.261.